The molecule has 0 aliphatic heterocycles. The van der Waals surface area contributed by atoms with E-state index in [1.807, 2.05) is 0 Å². The van der Waals surface area contributed by atoms with E-state index in [0.29, 0.717) is 6.04 Å². The average molecular weight is 245 g/mol. The van der Waals surface area contributed by atoms with Crippen molar-refractivity contribution in [3.8, 4) is 10.4 Å². The lowest BCUT2D eigenvalue weighted by Crippen LogP contribution is -2.19. The third-order valence-corrected chi connectivity index (χ3v) is 3.87. The molecular weight excluding hydrogens is 226 g/mol. The molecule has 2 aromatic rings. The van der Waals surface area contributed by atoms with E-state index < -0.39 is 0 Å². The number of thiophene rings is 1. The van der Waals surface area contributed by atoms with Gasteiger partial charge in [0, 0.05) is 10.9 Å². The van der Waals surface area contributed by atoms with E-state index in [9.17, 15) is 0 Å². The summed E-state index contributed by atoms with van der Waals surface area (Å²) in [5.74, 6) is 0. The van der Waals surface area contributed by atoms with E-state index in [1.54, 1.807) is 11.3 Å². The number of nitrogens with one attached hydrogen (secondary N) is 1. The molecule has 17 heavy (non-hydrogen) atoms. The zero-order valence-corrected chi connectivity index (χ0v) is 11.3. The Bertz CT molecular complexity index is 448. The van der Waals surface area contributed by atoms with Crippen molar-refractivity contribution < 1.29 is 0 Å². The second-order valence-electron chi connectivity index (χ2n) is 4.12. The quantitative estimate of drug-likeness (QED) is 0.819. The molecule has 0 saturated carbocycles. The zero-order chi connectivity index (χ0) is 12.1. The fourth-order valence-electron chi connectivity index (χ4n) is 2.10. The Kier molecular flexibility index (Phi) is 4.35. The zero-order valence-electron chi connectivity index (χ0n) is 10.4. The highest BCUT2D eigenvalue weighted by Gasteiger charge is 2.08. The highest BCUT2D eigenvalue weighted by molar-refractivity contribution is 7.13. The lowest BCUT2D eigenvalue weighted by molar-refractivity contribution is 0.537. The maximum Gasteiger partial charge on any atom is 0.0342 e. The molecule has 2 heteroatoms. The van der Waals surface area contributed by atoms with Crippen LogP contribution in [0, 0.1) is 0 Å². The third kappa shape index (κ3) is 2.96. The molecule has 1 N–H and O–H groups in total. The maximum atomic E-state index is 3.52. The lowest BCUT2D eigenvalue weighted by atomic mass is 10.0. The summed E-state index contributed by atoms with van der Waals surface area (Å²) in [6.45, 7) is 5.40. The summed E-state index contributed by atoms with van der Waals surface area (Å²) in [6.07, 6.45) is 1.13. The molecular formula is C15H19NS. The molecule has 0 saturated heterocycles. The van der Waals surface area contributed by atoms with Crippen molar-refractivity contribution in [1.29, 1.82) is 0 Å². The first-order valence-electron chi connectivity index (χ1n) is 6.22. The van der Waals surface area contributed by atoms with E-state index in [0.717, 1.165) is 13.0 Å². The van der Waals surface area contributed by atoms with Crippen molar-refractivity contribution >= 4 is 11.3 Å². The third-order valence-electron chi connectivity index (χ3n) is 2.95. The first-order chi connectivity index (χ1) is 8.35. The molecule has 90 valence electrons. The molecule has 0 radical (unpaired) electrons. The fraction of sp³-hybridized carbons (Fsp3) is 0.333. The summed E-state index contributed by atoms with van der Waals surface area (Å²) < 4.78 is 0. The van der Waals surface area contributed by atoms with Gasteiger partial charge in [-0.05, 0) is 41.6 Å². The Labute approximate surface area is 108 Å². The largest absolute Gasteiger partial charge is 0.310 e. The fourth-order valence-corrected chi connectivity index (χ4v) is 2.82. The van der Waals surface area contributed by atoms with Gasteiger partial charge < -0.3 is 5.32 Å². The van der Waals surface area contributed by atoms with Gasteiger partial charge in [-0.2, -0.15) is 0 Å². The predicted octanol–water partition coefficient (Wildman–Crippen LogP) is 4.48. The Morgan fingerprint density at radius 2 is 2.06 bits per heavy atom. The van der Waals surface area contributed by atoms with Crippen LogP contribution in [-0.2, 0) is 0 Å². The van der Waals surface area contributed by atoms with Crippen molar-refractivity contribution in [2.75, 3.05) is 6.54 Å². The van der Waals surface area contributed by atoms with Crippen LogP contribution in [0.1, 0.15) is 31.9 Å². The van der Waals surface area contributed by atoms with Gasteiger partial charge in [0.15, 0.2) is 0 Å². The Morgan fingerprint density at radius 1 is 1.18 bits per heavy atom. The molecule has 0 bridgehead atoms. The van der Waals surface area contributed by atoms with Crippen molar-refractivity contribution in [3.05, 3.63) is 47.3 Å². The van der Waals surface area contributed by atoms with Gasteiger partial charge in [0.25, 0.3) is 0 Å². The van der Waals surface area contributed by atoms with Gasteiger partial charge in [-0.15, -0.1) is 11.3 Å². The van der Waals surface area contributed by atoms with Gasteiger partial charge in [0.1, 0.15) is 0 Å². The summed E-state index contributed by atoms with van der Waals surface area (Å²) in [4.78, 5) is 1.35. The van der Waals surface area contributed by atoms with E-state index in [4.69, 9.17) is 0 Å². The van der Waals surface area contributed by atoms with Crippen LogP contribution in [0.4, 0.5) is 0 Å². The summed E-state index contributed by atoms with van der Waals surface area (Å²) in [5.41, 5.74) is 2.72. The van der Waals surface area contributed by atoms with Crippen LogP contribution in [-0.4, -0.2) is 6.54 Å². The minimum absolute atomic E-state index is 0.472. The minimum Gasteiger partial charge on any atom is -0.310 e. The molecule has 1 heterocycles. The molecule has 1 aromatic carbocycles. The summed E-state index contributed by atoms with van der Waals surface area (Å²) in [6, 6.07) is 13.6. The molecule has 0 spiro atoms. The van der Waals surface area contributed by atoms with E-state index in [1.165, 1.54) is 16.0 Å². The monoisotopic (exact) mass is 245 g/mol. The normalized spacial score (nSPS) is 12.6. The molecule has 2 rings (SSSR count). The molecule has 1 atom stereocenters. The van der Waals surface area contributed by atoms with Gasteiger partial charge in [-0.3, -0.25) is 0 Å². The van der Waals surface area contributed by atoms with Crippen LogP contribution in [0.2, 0.25) is 0 Å². The minimum atomic E-state index is 0.472. The molecule has 0 aliphatic carbocycles. The van der Waals surface area contributed by atoms with Crippen LogP contribution in [0.25, 0.3) is 10.4 Å². The summed E-state index contributed by atoms with van der Waals surface area (Å²) >= 11 is 1.80. The van der Waals surface area contributed by atoms with Crippen molar-refractivity contribution in [2.45, 2.75) is 26.3 Å². The van der Waals surface area contributed by atoms with Gasteiger partial charge in [0.2, 0.25) is 0 Å². The lowest BCUT2D eigenvalue weighted by Gasteiger charge is -2.16. The highest BCUT2D eigenvalue weighted by atomic mass is 32.1. The highest BCUT2D eigenvalue weighted by Crippen LogP contribution is 2.27. The molecule has 1 nitrogen and oxygen atoms in total. The number of rotatable bonds is 5. The van der Waals surface area contributed by atoms with Gasteiger partial charge in [-0.25, -0.2) is 0 Å². The van der Waals surface area contributed by atoms with Crippen LogP contribution < -0.4 is 5.32 Å². The van der Waals surface area contributed by atoms with E-state index >= 15 is 0 Å². The molecule has 0 aliphatic rings. The number of hydrogen-bond donors (Lipinski definition) is 1. The Balaban J connectivity index is 2.27. The number of hydrogen-bond acceptors (Lipinski definition) is 2. The second-order valence-corrected chi connectivity index (χ2v) is 5.07. The van der Waals surface area contributed by atoms with Crippen molar-refractivity contribution in [3.63, 3.8) is 0 Å². The van der Waals surface area contributed by atoms with Crippen LogP contribution in [0.3, 0.4) is 0 Å². The van der Waals surface area contributed by atoms with Gasteiger partial charge in [0.05, 0.1) is 0 Å². The average Bonchev–Trinajstić information content (AvgIpc) is 2.90. The molecule has 1 aromatic heterocycles. The summed E-state index contributed by atoms with van der Waals surface area (Å²) in [5, 5.41) is 5.65. The molecule has 0 amide bonds. The van der Waals surface area contributed by atoms with Crippen molar-refractivity contribution in [2.24, 2.45) is 0 Å². The Hall–Kier alpha value is -1.12. The van der Waals surface area contributed by atoms with E-state index in [-0.39, 0.29) is 0 Å². The molecule has 1 unspecified atom stereocenters. The second kappa shape index (κ2) is 5.99. The van der Waals surface area contributed by atoms with Gasteiger partial charge >= 0.3 is 0 Å². The van der Waals surface area contributed by atoms with Crippen LogP contribution in [0.5, 0.6) is 0 Å². The first kappa shape index (κ1) is 12.3. The van der Waals surface area contributed by atoms with E-state index in [2.05, 4.69) is 60.9 Å². The van der Waals surface area contributed by atoms with Gasteiger partial charge in [-0.1, -0.05) is 38.1 Å². The van der Waals surface area contributed by atoms with Crippen LogP contribution >= 0.6 is 11.3 Å². The first-order valence-corrected chi connectivity index (χ1v) is 7.10. The summed E-state index contributed by atoms with van der Waals surface area (Å²) in [7, 11) is 0. The number of benzene rings is 1. The van der Waals surface area contributed by atoms with Crippen LogP contribution in [0.15, 0.2) is 41.8 Å². The topological polar surface area (TPSA) is 12.0 Å². The predicted molar refractivity (Wildman–Crippen MR) is 76.5 cm³/mol. The Morgan fingerprint density at radius 3 is 2.71 bits per heavy atom. The molecule has 0 fully saturated rings. The maximum absolute atomic E-state index is 3.52. The SMILES string of the molecule is CCNC(CC)c1cccc(-c2cccs2)c1. The smallest absolute Gasteiger partial charge is 0.0342 e. The van der Waals surface area contributed by atoms with Crippen molar-refractivity contribution in [1.82, 2.24) is 5.32 Å². The standard InChI is InChI=1S/C15H19NS/c1-3-14(16-4-2)12-7-5-8-13(11-12)15-9-6-10-17-15/h5-11,14,16H,3-4H2,1-2H3.